The largest absolute Gasteiger partial charge is 0.497 e. The van der Waals surface area contributed by atoms with E-state index in [4.69, 9.17) is 4.74 Å². The van der Waals surface area contributed by atoms with E-state index in [-0.39, 0.29) is 0 Å². The lowest BCUT2D eigenvalue weighted by Crippen LogP contribution is -2.39. The van der Waals surface area contributed by atoms with Gasteiger partial charge in [0.05, 0.1) is 18.8 Å². The van der Waals surface area contributed by atoms with Crippen LogP contribution in [-0.4, -0.2) is 29.0 Å². The number of rotatable bonds is 5. The zero-order chi connectivity index (χ0) is 13.0. The number of hydrogen-bond acceptors (Lipinski definition) is 3. The molecule has 0 bridgehead atoms. The molecule has 1 saturated carbocycles. The van der Waals surface area contributed by atoms with Crippen molar-refractivity contribution in [2.45, 2.75) is 50.2 Å². The summed E-state index contributed by atoms with van der Waals surface area (Å²) in [5.41, 5.74) is 0.323. The first-order valence-electron chi connectivity index (χ1n) is 6.67. The molecule has 0 aliphatic heterocycles. The van der Waals surface area contributed by atoms with Crippen LogP contribution >= 0.6 is 0 Å². The second-order valence-electron chi connectivity index (χ2n) is 5.21. The predicted octanol–water partition coefficient (Wildman–Crippen LogP) is 2.29. The van der Waals surface area contributed by atoms with Gasteiger partial charge in [-0.1, -0.05) is 25.0 Å². The Hall–Kier alpha value is -1.06. The average Bonchev–Trinajstić information content (AvgIpc) is 2.85. The molecule has 3 nitrogen and oxygen atoms in total. The summed E-state index contributed by atoms with van der Waals surface area (Å²) in [4.78, 5) is 0. The lowest BCUT2D eigenvalue weighted by molar-refractivity contribution is -0.0726. The smallest absolute Gasteiger partial charge is 0.118 e. The molecule has 0 amide bonds. The quantitative estimate of drug-likeness (QED) is 0.843. The number of aryl methyl sites for hydroxylation is 1. The molecule has 1 unspecified atom stereocenters. The van der Waals surface area contributed by atoms with Gasteiger partial charge in [0.25, 0.3) is 0 Å². The van der Waals surface area contributed by atoms with E-state index in [1.54, 1.807) is 7.11 Å². The lowest BCUT2D eigenvalue weighted by Gasteiger charge is -2.28. The van der Waals surface area contributed by atoms with E-state index in [1.807, 2.05) is 24.3 Å². The van der Waals surface area contributed by atoms with Crippen LogP contribution in [0.4, 0.5) is 0 Å². The summed E-state index contributed by atoms with van der Waals surface area (Å²) in [7, 11) is 1.65. The van der Waals surface area contributed by atoms with Gasteiger partial charge in [-0.25, -0.2) is 0 Å². The Bertz CT molecular complexity index is 366. The molecule has 0 spiro atoms. The van der Waals surface area contributed by atoms with Crippen LogP contribution in [0.25, 0.3) is 0 Å². The van der Waals surface area contributed by atoms with Crippen LogP contribution in [0.3, 0.4) is 0 Å². The van der Waals surface area contributed by atoms with Crippen LogP contribution in [0.5, 0.6) is 5.75 Å². The molecule has 2 rings (SSSR count). The lowest BCUT2D eigenvalue weighted by atomic mass is 9.90. The monoisotopic (exact) mass is 250 g/mol. The molecule has 0 heterocycles. The standard InChI is InChI=1S/C15H22O3/c1-18-13-7-4-12(5-8-13)6-9-14(16)15(17)10-2-3-11-15/h4-5,7-8,14,16-17H,2-3,6,9-11H2,1H3. The van der Waals surface area contributed by atoms with E-state index in [9.17, 15) is 10.2 Å². The van der Waals surface area contributed by atoms with Crippen molar-refractivity contribution in [3.63, 3.8) is 0 Å². The number of ether oxygens (including phenoxy) is 1. The Morgan fingerprint density at radius 3 is 2.39 bits per heavy atom. The van der Waals surface area contributed by atoms with Crippen molar-refractivity contribution in [2.24, 2.45) is 0 Å². The fourth-order valence-electron chi connectivity index (χ4n) is 2.68. The van der Waals surface area contributed by atoms with Gasteiger partial charge in [-0.3, -0.25) is 0 Å². The fraction of sp³-hybridized carbons (Fsp3) is 0.600. The topological polar surface area (TPSA) is 49.7 Å². The van der Waals surface area contributed by atoms with E-state index in [2.05, 4.69) is 0 Å². The van der Waals surface area contributed by atoms with Gasteiger partial charge in [-0.05, 0) is 43.4 Å². The molecular weight excluding hydrogens is 228 g/mol. The van der Waals surface area contributed by atoms with Crippen LogP contribution < -0.4 is 4.74 Å². The maximum absolute atomic E-state index is 10.2. The number of aliphatic hydroxyl groups excluding tert-OH is 1. The molecule has 1 atom stereocenters. The fourth-order valence-corrected chi connectivity index (χ4v) is 2.68. The first-order valence-corrected chi connectivity index (χ1v) is 6.67. The van der Waals surface area contributed by atoms with Crippen LogP contribution in [-0.2, 0) is 6.42 Å². The summed E-state index contributed by atoms with van der Waals surface area (Å²) in [6.07, 6.45) is 4.30. The van der Waals surface area contributed by atoms with E-state index >= 15 is 0 Å². The van der Waals surface area contributed by atoms with Crippen molar-refractivity contribution in [2.75, 3.05) is 7.11 Å². The van der Waals surface area contributed by atoms with Crippen LogP contribution in [0.1, 0.15) is 37.7 Å². The zero-order valence-electron chi connectivity index (χ0n) is 10.9. The molecule has 3 heteroatoms. The maximum atomic E-state index is 10.2. The van der Waals surface area contributed by atoms with E-state index in [0.717, 1.165) is 43.4 Å². The van der Waals surface area contributed by atoms with E-state index in [1.165, 1.54) is 0 Å². The third-order valence-electron chi connectivity index (χ3n) is 3.96. The number of methoxy groups -OCH3 is 1. The van der Waals surface area contributed by atoms with Crippen molar-refractivity contribution in [3.8, 4) is 5.75 Å². The first kappa shape index (κ1) is 13.4. The van der Waals surface area contributed by atoms with E-state index in [0.29, 0.717) is 6.42 Å². The normalized spacial score (nSPS) is 19.7. The van der Waals surface area contributed by atoms with Crippen molar-refractivity contribution >= 4 is 0 Å². The molecule has 1 aromatic carbocycles. The SMILES string of the molecule is COc1ccc(CCC(O)C2(O)CCCC2)cc1. The summed E-state index contributed by atoms with van der Waals surface area (Å²) in [6, 6.07) is 7.85. The molecule has 0 radical (unpaired) electrons. The summed E-state index contributed by atoms with van der Waals surface area (Å²) < 4.78 is 5.10. The molecule has 0 saturated heterocycles. The van der Waals surface area contributed by atoms with E-state index < -0.39 is 11.7 Å². The maximum Gasteiger partial charge on any atom is 0.118 e. The second kappa shape index (κ2) is 5.72. The van der Waals surface area contributed by atoms with Gasteiger partial charge in [0.2, 0.25) is 0 Å². The minimum absolute atomic E-state index is 0.609. The Morgan fingerprint density at radius 2 is 1.83 bits per heavy atom. The van der Waals surface area contributed by atoms with Gasteiger partial charge in [0.1, 0.15) is 5.75 Å². The molecule has 2 N–H and O–H groups in total. The molecular formula is C15H22O3. The highest BCUT2D eigenvalue weighted by molar-refractivity contribution is 5.27. The number of aliphatic hydroxyl groups is 2. The van der Waals surface area contributed by atoms with Gasteiger partial charge in [-0.2, -0.15) is 0 Å². The summed E-state index contributed by atoms with van der Waals surface area (Å²) in [6.45, 7) is 0. The second-order valence-corrected chi connectivity index (χ2v) is 5.21. The predicted molar refractivity (Wildman–Crippen MR) is 70.7 cm³/mol. The Balaban J connectivity index is 1.86. The highest BCUT2D eigenvalue weighted by atomic mass is 16.5. The molecule has 1 aliphatic rings. The van der Waals surface area contributed by atoms with Gasteiger partial charge in [0, 0.05) is 0 Å². The average molecular weight is 250 g/mol. The Labute approximate surface area is 108 Å². The summed E-state index contributed by atoms with van der Waals surface area (Å²) >= 11 is 0. The number of benzene rings is 1. The molecule has 0 aromatic heterocycles. The highest BCUT2D eigenvalue weighted by Crippen LogP contribution is 2.34. The van der Waals surface area contributed by atoms with Crippen molar-refractivity contribution in [1.29, 1.82) is 0 Å². The molecule has 100 valence electrons. The third-order valence-corrected chi connectivity index (χ3v) is 3.96. The van der Waals surface area contributed by atoms with Crippen LogP contribution in [0.2, 0.25) is 0 Å². The van der Waals surface area contributed by atoms with Gasteiger partial charge in [0.15, 0.2) is 0 Å². The first-order chi connectivity index (χ1) is 8.64. The van der Waals surface area contributed by atoms with Crippen LogP contribution in [0, 0.1) is 0 Å². The minimum Gasteiger partial charge on any atom is -0.497 e. The Morgan fingerprint density at radius 1 is 1.22 bits per heavy atom. The van der Waals surface area contributed by atoms with Gasteiger partial charge >= 0.3 is 0 Å². The highest BCUT2D eigenvalue weighted by Gasteiger charge is 2.37. The van der Waals surface area contributed by atoms with Crippen molar-refractivity contribution in [3.05, 3.63) is 29.8 Å². The summed E-state index contributed by atoms with van der Waals surface area (Å²) in [5.74, 6) is 0.841. The summed E-state index contributed by atoms with van der Waals surface area (Å²) in [5, 5.41) is 20.3. The zero-order valence-corrected chi connectivity index (χ0v) is 10.9. The number of hydrogen-bond donors (Lipinski definition) is 2. The molecule has 1 aromatic rings. The molecule has 18 heavy (non-hydrogen) atoms. The Kier molecular flexibility index (Phi) is 4.25. The van der Waals surface area contributed by atoms with Gasteiger partial charge < -0.3 is 14.9 Å². The van der Waals surface area contributed by atoms with Gasteiger partial charge in [-0.15, -0.1) is 0 Å². The third kappa shape index (κ3) is 3.03. The molecule has 1 aliphatic carbocycles. The van der Waals surface area contributed by atoms with Crippen molar-refractivity contribution in [1.82, 2.24) is 0 Å². The molecule has 1 fully saturated rings. The van der Waals surface area contributed by atoms with Crippen LogP contribution in [0.15, 0.2) is 24.3 Å². The van der Waals surface area contributed by atoms with Crippen molar-refractivity contribution < 1.29 is 14.9 Å². The minimum atomic E-state index is -0.841.